The molecule has 8 heteroatoms. The van der Waals surface area contributed by atoms with Crippen LogP contribution in [0.25, 0.3) is 17.0 Å². The van der Waals surface area contributed by atoms with E-state index >= 15 is 0 Å². The highest BCUT2D eigenvalue weighted by molar-refractivity contribution is 6.07. The molecule has 4 rings (SSSR count). The molecule has 0 saturated heterocycles. The number of nitrogens with zero attached hydrogens (tertiary/aromatic N) is 2. The highest BCUT2D eigenvalue weighted by atomic mass is 19.4. The van der Waals surface area contributed by atoms with Crippen molar-refractivity contribution in [2.75, 3.05) is 17.3 Å². The highest BCUT2D eigenvalue weighted by Crippen LogP contribution is 2.30. The van der Waals surface area contributed by atoms with Crippen LogP contribution in [0, 0.1) is 0 Å². The second-order valence-corrected chi connectivity index (χ2v) is 7.74. The summed E-state index contributed by atoms with van der Waals surface area (Å²) in [5, 5.41) is 3.70. The minimum Gasteiger partial charge on any atom is -0.321 e. The lowest BCUT2D eigenvalue weighted by Gasteiger charge is -2.18. The quantitative estimate of drug-likeness (QED) is 0.351. The Balaban J connectivity index is 1.48. The van der Waals surface area contributed by atoms with Crippen molar-refractivity contribution in [1.29, 1.82) is 0 Å². The van der Waals surface area contributed by atoms with Gasteiger partial charge in [0.15, 0.2) is 0 Å². The number of alkyl halides is 3. The molecule has 5 nitrogen and oxygen atoms in total. The number of aromatic nitrogens is 1. The second-order valence-electron chi connectivity index (χ2n) is 7.74. The van der Waals surface area contributed by atoms with Crippen molar-refractivity contribution in [1.82, 2.24) is 4.98 Å². The minimum absolute atomic E-state index is 0.0775. The largest absolute Gasteiger partial charge is 0.416 e. The fraction of sp³-hybridized carbons (Fsp3) is 0.0741. The molecular formula is C27H20F3N3O2. The van der Waals surface area contributed by atoms with E-state index in [0.29, 0.717) is 22.5 Å². The predicted molar refractivity (Wildman–Crippen MR) is 130 cm³/mol. The summed E-state index contributed by atoms with van der Waals surface area (Å²) in [5.74, 6) is -0.944. The number of hydrogen-bond donors (Lipinski definition) is 1. The summed E-state index contributed by atoms with van der Waals surface area (Å²) in [5.41, 5.74) is 1.39. The predicted octanol–water partition coefficient (Wildman–Crippen LogP) is 6.18. The van der Waals surface area contributed by atoms with E-state index in [0.717, 1.165) is 17.5 Å². The van der Waals surface area contributed by atoms with Crippen LogP contribution < -0.4 is 10.2 Å². The van der Waals surface area contributed by atoms with E-state index in [9.17, 15) is 22.8 Å². The van der Waals surface area contributed by atoms with Crippen LogP contribution in [-0.2, 0) is 11.0 Å². The highest BCUT2D eigenvalue weighted by Gasteiger charge is 2.31. The first-order valence-electron chi connectivity index (χ1n) is 10.6. The first-order chi connectivity index (χ1) is 16.7. The molecule has 0 atom stereocenters. The molecule has 1 heterocycles. The fourth-order valence-electron chi connectivity index (χ4n) is 3.53. The minimum atomic E-state index is -4.54. The summed E-state index contributed by atoms with van der Waals surface area (Å²) in [6.45, 7) is 0. The van der Waals surface area contributed by atoms with Crippen LogP contribution in [-0.4, -0.2) is 23.8 Å². The molecule has 0 spiro atoms. The Morgan fingerprint density at radius 2 is 1.69 bits per heavy atom. The number of pyridine rings is 1. The average Bonchev–Trinajstić information content (AvgIpc) is 2.86. The third-order valence-electron chi connectivity index (χ3n) is 5.32. The van der Waals surface area contributed by atoms with Crippen LogP contribution in [0.3, 0.4) is 0 Å². The van der Waals surface area contributed by atoms with Gasteiger partial charge in [0, 0.05) is 36.0 Å². The van der Waals surface area contributed by atoms with E-state index < -0.39 is 17.6 Å². The molecule has 0 aliphatic carbocycles. The number of nitrogens with one attached hydrogen (secondary N) is 1. The number of fused-ring (bicyclic) bond motifs is 1. The normalized spacial score (nSPS) is 11.5. The summed E-state index contributed by atoms with van der Waals surface area (Å²) < 4.78 is 39.0. The van der Waals surface area contributed by atoms with Crippen LogP contribution in [0.5, 0.6) is 0 Å². The Morgan fingerprint density at radius 3 is 2.49 bits per heavy atom. The van der Waals surface area contributed by atoms with E-state index in [1.54, 1.807) is 42.6 Å². The van der Waals surface area contributed by atoms with Gasteiger partial charge in [-0.15, -0.1) is 0 Å². The zero-order valence-electron chi connectivity index (χ0n) is 18.6. The number of carbonyl (C=O) groups is 2. The molecule has 0 radical (unpaired) electrons. The average molecular weight is 475 g/mol. The maximum Gasteiger partial charge on any atom is 0.416 e. The molecular weight excluding hydrogens is 455 g/mol. The number of halogens is 3. The maximum absolute atomic E-state index is 13.0. The summed E-state index contributed by atoms with van der Waals surface area (Å²) in [4.78, 5) is 30.8. The van der Waals surface area contributed by atoms with Gasteiger partial charge in [-0.2, -0.15) is 13.2 Å². The molecule has 0 bridgehead atoms. The molecule has 1 N–H and O–H groups in total. The SMILES string of the molecule is CN(C(=O)c1cccc(C(F)(F)F)c1)c1cccc(/C=C/C(=O)Nc2cccc3cccnc23)c1. The number of amides is 2. The molecule has 3 aromatic carbocycles. The van der Waals surface area contributed by atoms with Crippen LogP contribution in [0.15, 0.2) is 91.1 Å². The molecule has 0 aliphatic rings. The van der Waals surface area contributed by atoms with Gasteiger partial charge >= 0.3 is 6.18 Å². The van der Waals surface area contributed by atoms with Gasteiger partial charge in [0.25, 0.3) is 5.91 Å². The van der Waals surface area contributed by atoms with Crippen LogP contribution in [0.4, 0.5) is 24.5 Å². The molecule has 176 valence electrons. The molecule has 35 heavy (non-hydrogen) atoms. The molecule has 0 fully saturated rings. The van der Waals surface area contributed by atoms with E-state index in [4.69, 9.17) is 0 Å². The Morgan fingerprint density at radius 1 is 0.943 bits per heavy atom. The molecule has 1 aromatic heterocycles. The van der Waals surface area contributed by atoms with Crippen molar-refractivity contribution in [3.05, 3.63) is 108 Å². The Hall–Kier alpha value is -4.46. The van der Waals surface area contributed by atoms with E-state index in [1.807, 2.05) is 24.3 Å². The van der Waals surface area contributed by atoms with Crippen LogP contribution >= 0.6 is 0 Å². The van der Waals surface area contributed by atoms with Crippen molar-refractivity contribution in [2.45, 2.75) is 6.18 Å². The maximum atomic E-state index is 13.0. The van der Waals surface area contributed by atoms with E-state index in [-0.39, 0.29) is 11.5 Å². The van der Waals surface area contributed by atoms with Gasteiger partial charge in [-0.3, -0.25) is 14.6 Å². The van der Waals surface area contributed by atoms with Gasteiger partial charge in [-0.1, -0.05) is 36.4 Å². The monoisotopic (exact) mass is 475 g/mol. The first kappa shape index (κ1) is 23.7. The third-order valence-corrected chi connectivity index (χ3v) is 5.32. The molecule has 0 unspecified atom stereocenters. The van der Waals surface area contributed by atoms with Crippen molar-refractivity contribution in [2.24, 2.45) is 0 Å². The summed E-state index contributed by atoms with van der Waals surface area (Å²) in [7, 11) is 1.48. The molecule has 4 aromatic rings. The van der Waals surface area contributed by atoms with Crippen molar-refractivity contribution < 1.29 is 22.8 Å². The van der Waals surface area contributed by atoms with Gasteiger partial charge in [0.2, 0.25) is 5.91 Å². The number of benzene rings is 3. The van der Waals surface area contributed by atoms with Crippen LogP contribution in [0.1, 0.15) is 21.5 Å². The zero-order valence-corrected chi connectivity index (χ0v) is 18.6. The van der Waals surface area contributed by atoms with E-state index in [1.165, 1.54) is 30.2 Å². The van der Waals surface area contributed by atoms with E-state index in [2.05, 4.69) is 10.3 Å². The number of anilines is 2. The van der Waals surface area contributed by atoms with Gasteiger partial charge in [0.05, 0.1) is 16.8 Å². The zero-order chi connectivity index (χ0) is 25.0. The molecule has 0 saturated carbocycles. The lowest BCUT2D eigenvalue weighted by molar-refractivity contribution is -0.137. The Labute approximate surface area is 199 Å². The Bertz CT molecular complexity index is 1430. The summed E-state index contributed by atoms with van der Waals surface area (Å²) in [6, 6.07) is 20.2. The van der Waals surface area contributed by atoms with Crippen molar-refractivity contribution in [3.8, 4) is 0 Å². The number of hydrogen-bond acceptors (Lipinski definition) is 3. The standard InChI is InChI=1S/C27H20F3N3O2/c1-33(26(35)20-8-3-10-21(17-20)27(28,29)30)22-11-2-6-18(16-22)13-14-24(34)32-23-12-4-7-19-9-5-15-31-25(19)23/h2-17H,1H3,(H,32,34)/b14-13+. The molecule has 2 amide bonds. The summed E-state index contributed by atoms with van der Waals surface area (Å²) in [6.07, 6.45) is 0.0498. The second kappa shape index (κ2) is 9.80. The number of carbonyl (C=O) groups excluding carboxylic acids is 2. The van der Waals surface area contributed by atoms with Gasteiger partial charge in [0.1, 0.15) is 0 Å². The van der Waals surface area contributed by atoms with Crippen molar-refractivity contribution >= 4 is 40.2 Å². The van der Waals surface area contributed by atoms with Crippen molar-refractivity contribution in [3.63, 3.8) is 0 Å². The van der Waals surface area contributed by atoms with Gasteiger partial charge in [-0.25, -0.2) is 0 Å². The smallest absolute Gasteiger partial charge is 0.321 e. The Kier molecular flexibility index (Phi) is 6.64. The fourth-order valence-corrected chi connectivity index (χ4v) is 3.53. The number of para-hydroxylation sites is 1. The third kappa shape index (κ3) is 5.55. The lowest BCUT2D eigenvalue weighted by atomic mass is 10.1. The number of rotatable bonds is 5. The van der Waals surface area contributed by atoms with Crippen LogP contribution in [0.2, 0.25) is 0 Å². The first-order valence-corrected chi connectivity index (χ1v) is 10.6. The molecule has 0 aliphatic heterocycles. The topological polar surface area (TPSA) is 62.3 Å². The lowest BCUT2D eigenvalue weighted by Crippen LogP contribution is -2.26. The van der Waals surface area contributed by atoms with Gasteiger partial charge in [-0.05, 0) is 54.1 Å². The van der Waals surface area contributed by atoms with Gasteiger partial charge < -0.3 is 10.2 Å². The summed E-state index contributed by atoms with van der Waals surface area (Å²) >= 11 is 0.